The van der Waals surface area contributed by atoms with Crippen molar-refractivity contribution in [2.75, 3.05) is 6.61 Å². The van der Waals surface area contributed by atoms with E-state index in [4.69, 9.17) is 10.5 Å². The van der Waals surface area contributed by atoms with Crippen LogP contribution >= 0.6 is 0 Å². The highest BCUT2D eigenvalue weighted by Gasteiger charge is 2.17. The monoisotopic (exact) mass is 253 g/mol. The van der Waals surface area contributed by atoms with E-state index < -0.39 is 0 Å². The maximum Gasteiger partial charge on any atom is 0.127 e. The van der Waals surface area contributed by atoms with Crippen molar-refractivity contribution in [1.82, 2.24) is 0 Å². The van der Waals surface area contributed by atoms with Crippen LogP contribution in [0.4, 0.5) is 0 Å². The quantitative estimate of drug-likeness (QED) is 0.890. The number of hydrogen-bond donors (Lipinski definition) is 1. The minimum Gasteiger partial charge on any atom is -0.493 e. The van der Waals surface area contributed by atoms with Crippen LogP contribution < -0.4 is 10.5 Å². The first-order chi connectivity index (χ1) is 9.17. The molecule has 2 N–H and O–H groups in total. The number of nitrogens with two attached hydrogens (primary N) is 1. The van der Waals surface area contributed by atoms with E-state index >= 15 is 0 Å². The number of hydrogen-bond acceptors (Lipinski definition) is 2. The molecule has 2 aromatic rings. The predicted octanol–water partition coefficient (Wildman–Crippen LogP) is 3.36. The smallest absolute Gasteiger partial charge is 0.127 e. The lowest BCUT2D eigenvalue weighted by Crippen LogP contribution is -2.00. The Morgan fingerprint density at radius 3 is 2.37 bits per heavy atom. The Labute approximate surface area is 114 Å². The fourth-order valence-electron chi connectivity index (χ4n) is 2.85. The zero-order valence-corrected chi connectivity index (χ0v) is 11.5. The topological polar surface area (TPSA) is 35.2 Å². The molecule has 0 aliphatic carbocycles. The lowest BCUT2D eigenvalue weighted by atomic mass is 9.96. The third-order valence-electron chi connectivity index (χ3n) is 3.64. The van der Waals surface area contributed by atoms with Gasteiger partial charge in [-0.15, -0.1) is 0 Å². The van der Waals surface area contributed by atoms with Crippen LogP contribution in [0.25, 0.3) is 11.1 Å². The summed E-state index contributed by atoms with van der Waals surface area (Å²) in [5, 5.41) is 0. The van der Waals surface area contributed by atoms with Crippen molar-refractivity contribution in [3.8, 4) is 16.9 Å². The van der Waals surface area contributed by atoms with Crippen LogP contribution in [-0.2, 0) is 13.0 Å². The van der Waals surface area contributed by atoms with Gasteiger partial charge in [0, 0.05) is 18.5 Å². The highest BCUT2D eigenvalue weighted by molar-refractivity contribution is 5.69. The summed E-state index contributed by atoms with van der Waals surface area (Å²) >= 11 is 0. The molecule has 2 aromatic carbocycles. The van der Waals surface area contributed by atoms with Gasteiger partial charge in [-0.25, -0.2) is 0 Å². The van der Waals surface area contributed by atoms with E-state index in [1.165, 1.54) is 27.8 Å². The SMILES string of the molecule is Cc1cc(C)cc(-c2cc(CN)c3c(c2)CCO3)c1. The Kier molecular flexibility index (Phi) is 3.03. The Bertz CT molecular complexity index is 611. The Balaban J connectivity index is 2.15. The van der Waals surface area contributed by atoms with E-state index in [2.05, 4.69) is 44.2 Å². The summed E-state index contributed by atoms with van der Waals surface area (Å²) in [7, 11) is 0. The molecule has 0 atom stereocenters. The second-order valence-electron chi connectivity index (χ2n) is 5.30. The van der Waals surface area contributed by atoms with E-state index in [-0.39, 0.29) is 0 Å². The van der Waals surface area contributed by atoms with Gasteiger partial charge in [0.2, 0.25) is 0 Å². The average Bonchev–Trinajstić information content (AvgIpc) is 2.84. The van der Waals surface area contributed by atoms with Crippen molar-refractivity contribution in [2.45, 2.75) is 26.8 Å². The molecule has 0 spiro atoms. The van der Waals surface area contributed by atoms with Crippen molar-refractivity contribution in [1.29, 1.82) is 0 Å². The molecule has 0 unspecified atom stereocenters. The summed E-state index contributed by atoms with van der Waals surface area (Å²) in [6.45, 7) is 5.58. The highest BCUT2D eigenvalue weighted by Crippen LogP contribution is 2.35. The average molecular weight is 253 g/mol. The second kappa shape index (κ2) is 4.71. The summed E-state index contributed by atoms with van der Waals surface area (Å²) in [4.78, 5) is 0. The fourth-order valence-corrected chi connectivity index (χ4v) is 2.85. The molecule has 0 saturated carbocycles. The highest BCUT2D eigenvalue weighted by atomic mass is 16.5. The van der Waals surface area contributed by atoms with Crippen molar-refractivity contribution in [3.63, 3.8) is 0 Å². The lowest BCUT2D eigenvalue weighted by Gasteiger charge is -2.11. The van der Waals surface area contributed by atoms with Gasteiger partial charge in [0.05, 0.1) is 6.61 Å². The normalized spacial score (nSPS) is 13.2. The van der Waals surface area contributed by atoms with Crippen LogP contribution in [0.5, 0.6) is 5.75 Å². The Hall–Kier alpha value is -1.80. The van der Waals surface area contributed by atoms with E-state index in [0.29, 0.717) is 6.54 Å². The van der Waals surface area contributed by atoms with Crippen molar-refractivity contribution in [3.05, 3.63) is 52.6 Å². The summed E-state index contributed by atoms with van der Waals surface area (Å²) in [6.07, 6.45) is 0.987. The third kappa shape index (κ3) is 2.24. The molecule has 0 amide bonds. The maximum atomic E-state index is 5.85. The molecular formula is C17H19NO. The predicted molar refractivity (Wildman–Crippen MR) is 78.4 cm³/mol. The minimum absolute atomic E-state index is 0.529. The van der Waals surface area contributed by atoms with Crippen LogP contribution in [0.3, 0.4) is 0 Å². The zero-order valence-electron chi connectivity index (χ0n) is 11.5. The van der Waals surface area contributed by atoms with Crippen molar-refractivity contribution < 1.29 is 4.74 Å². The standard InChI is InChI=1S/C17H19NO/c1-11-5-12(2)7-14(6-11)15-8-13-3-4-19-17(13)16(9-15)10-18/h5-9H,3-4,10,18H2,1-2H3. The summed E-state index contributed by atoms with van der Waals surface area (Å²) in [5.41, 5.74) is 13.4. The fraction of sp³-hybridized carbons (Fsp3) is 0.294. The van der Waals surface area contributed by atoms with Gasteiger partial charge < -0.3 is 10.5 Å². The molecule has 0 aromatic heterocycles. The molecule has 0 saturated heterocycles. The molecule has 2 heteroatoms. The lowest BCUT2D eigenvalue weighted by molar-refractivity contribution is 0.353. The number of fused-ring (bicyclic) bond motifs is 1. The Morgan fingerprint density at radius 2 is 1.68 bits per heavy atom. The van der Waals surface area contributed by atoms with Crippen LogP contribution in [0.2, 0.25) is 0 Å². The molecule has 3 rings (SSSR count). The van der Waals surface area contributed by atoms with Gasteiger partial charge in [0.15, 0.2) is 0 Å². The molecule has 98 valence electrons. The molecule has 1 aliphatic heterocycles. The van der Waals surface area contributed by atoms with Gasteiger partial charge >= 0.3 is 0 Å². The molecule has 1 aliphatic rings. The first-order valence-electron chi connectivity index (χ1n) is 6.74. The summed E-state index contributed by atoms with van der Waals surface area (Å²) < 4.78 is 5.68. The largest absolute Gasteiger partial charge is 0.493 e. The van der Waals surface area contributed by atoms with Gasteiger partial charge in [-0.1, -0.05) is 29.3 Å². The minimum atomic E-state index is 0.529. The van der Waals surface area contributed by atoms with Crippen LogP contribution in [-0.4, -0.2) is 6.61 Å². The summed E-state index contributed by atoms with van der Waals surface area (Å²) in [5.74, 6) is 1.01. The van der Waals surface area contributed by atoms with Crippen LogP contribution in [0.15, 0.2) is 30.3 Å². The van der Waals surface area contributed by atoms with Crippen molar-refractivity contribution in [2.24, 2.45) is 5.73 Å². The van der Waals surface area contributed by atoms with E-state index in [1.54, 1.807) is 0 Å². The van der Waals surface area contributed by atoms with Gasteiger partial charge in [-0.2, -0.15) is 0 Å². The maximum absolute atomic E-state index is 5.85. The number of rotatable bonds is 2. The van der Waals surface area contributed by atoms with Gasteiger partial charge in [0.1, 0.15) is 5.75 Å². The van der Waals surface area contributed by atoms with E-state index in [9.17, 15) is 0 Å². The third-order valence-corrected chi connectivity index (χ3v) is 3.64. The second-order valence-corrected chi connectivity index (χ2v) is 5.30. The first kappa shape index (κ1) is 12.2. The molecule has 0 radical (unpaired) electrons. The van der Waals surface area contributed by atoms with Crippen LogP contribution in [0.1, 0.15) is 22.3 Å². The molecule has 0 bridgehead atoms. The summed E-state index contributed by atoms with van der Waals surface area (Å²) in [6, 6.07) is 11.1. The Morgan fingerprint density at radius 1 is 1.00 bits per heavy atom. The van der Waals surface area contributed by atoms with Crippen LogP contribution in [0, 0.1) is 13.8 Å². The van der Waals surface area contributed by atoms with Gasteiger partial charge in [0.25, 0.3) is 0 Å². The van der Waals surface area contributed by atoms with E-state index in [0.717, 1.165) is 24.3 Å². The zero-order chi connectivity index (χ0) is 13.4. The first-order valence-corrected chi connectivity index (χ1v) is 6.74. The molecule has 2 nitrogen and oxygen atoms in total. The molecule has 1 heterocycles. The molecule has 19 heavy (non-hydrogen) atoms. The van der Waals surface area contributed by atoms with E-state index in [1.807, 2.05) is 0 Å². The number of ether oxygens (including phenoxy) is 1. The van der Waals surface area contributed by atoms with Crippen molar-refractivity contribution >= 4 is 0 Å². The number of aryl methyl sites for hydroxylation is 2. The molecule has 0 fully saturated rings. The molecular weight excluding hydrogens is 234 g/mol. The van der Waals surface area contributed by atoms with Gasteiger partial charge in [-0.3, -0.25) is 0 Å². The van der Waals surface area contributed by atoms with Gasteiger partial charge in [-0.05, 0) is 42.7 Å². The number of benzene rings is 2.